The monoisotopic (exact) mass is 509 g/mol. The van der Waals surface area contributed by atoms with Crippen LogP contribution >= 0.6 is 11.6 Å². The number of aromatic nitrogens is 3. The molecule has 12 heteroatoms. The Morgan fingerprint density at radius 2 is 1.94 bits per heavy atom. The van der Waals surface area contributed by atoms with Crippen LogP contribution in [0.25, 0.3) is 5.69 Å². The van der Waals surface area contributed by atoms with Gasteiger partial charge in [-0.15, -0.1) is 13.2 Å². The lowest BCUT2D eigenvalue weighted by atomic mass is 10.2. The Kier molecular flexibility index (Phi) is 8.69. The van der Waals surface area contributed by atoms with Gasteiger partial charge in [-0.2, -0.15) is 5.10 Å². The maximum absolute atomic E-state index is 12.8. The first-order valence-electron chi connectivity index (χ1n) is 10.6. The van der Waals surface area contributed by atoms with E-state index in [-0.39, 0.29) is 29.8 Å². The van der Waals surface area contributed by atoms with E-state index in [2.05, 4.69) is 20.0 Å². The molecule has 0 fully saturated rings. The molecule has 3 rings (SSSR count). The largest absolute Gasteiger partial charge is 0.573 e. The van der Waals surface area contributed by atoms with Gasteiger partial charge in [0, 0.05) is 19.2 Å². The van der Waals surface area contributed by atoms with Crippen molar-refractivity contribution < 1.29 is 27.5 Å². The van der Waals surface area contributed by atoms with Crippen LogP contribution in [-0.2, 0) is 16.2 Å². The van der Waals surface area contributed by atoms with E-state index in [0.717, 1.165) is 0 Å². The van der Waals surface area contributed by atoms with Crippen LogP contribution in [0.15, 0.2) is 60.1 Å². The van der Waals surface area contributed by atoms with Crippen LogP contribution in [0.2, 0.25) is 5.15 Å². The third-order valence-corrected chi connectivity index (χ3v) is 5.05. The van der Waals surface area contributed by atoms with Crippen molar-refractivity contribution >= 4 is 28.9 Å². The summed E-state index contributed by atoms with van der Waals surface area (Å²) in [7, 11) is 0. The van der Waals surface area contributed by atoms with Crippen LogP contribution in [-0.4, -0.2) is 39.3 Å². The van der Waals surface area contributed by atoms with Crippen molar-refractivity contribution in [3.63, 3.8) is 0 Å². The van der Waals surface area contributed by atoms with E-state index < -0.39 is 6.36 Å². The number of ether oxygens (including phenoxy) is 1. The van der Waals surface area contributed by atoms with Crippen LogP contribution in [0.1, 0.15) is 32.3 Å². The number of hydrogen-bond donors (Lipinski definition) is 0. The van der Waals surface area contributed by atoms with Gasteiger partial charge in [0.05, 0.1) is 23.8 Å². The fourth-order valence-corrected chi connectivity index (χ4v) is 3.33. The highest BCUT2D eigenvalue weighted by molar-refractivity contribution is 6.32. The predicted octanol–water partition coefficient (Wildman–Crippen LogP) is 5.55. The molecule has 0 unspecified atom stereocenters. The molecule has 1 amide bonds. The number of pyridine rings is 1. The van der Waals surface area contributed by atoms with Crippen LogP contribution in [0.4, 0.5) is 18.9 Å². The number of alkyl halides is 3. The van der Waals surface area contributed by atoms with Gasteiger partial charge in [-0.1, -0.05) is 28.9 Å². The summed E-state index contributed by atoms with van der Waals surface area (Å²) in [6.45, 7) is 4.02. The molecule has 0 saturated carbocycles. The molecule has 0 aliphatic rings. The summed E-state index contributed by atoms with van der Waals surface area (Å²) < 4.78 is 42.0. The first-order chi connectivity index (χ1) is 16.7. The Bertz CT molecular complexity index is 1150. The van der Waals surface area contributed by atoms with Crippen molar-refractivity contribution in [2.45, 2.75) is 39.7 Å². The van der Waals surface area contributed by atoms with Crippen molar-refractivity contribution in [2.75, 3.05) is 11.4 Å². The highest BCUT2D eigenvalue weighted by Gasteiger charge is 2.31. The standard InChI is InChI=1S/C23H23ClF3N5O3/c1-3-31(20-14-32(29-22(20)24)18-5-4-12-28-13-18)21(33)11-6-16(2)30-34-15-17-7-9-19(10-8-17)35-23(25,26)27/h4-5,7-10,12-14H,3,6,11,15H2,1-2H3. The van der Waals surface area contributed by atoms with Crippen LogP contribution in [0.5, 0.6) is 5.75 Å². The molecule has 0 atom stereocenters. The van der Waals surface area contributed by atoms with Gasteiger partial charge in [0.2, 0.25) is 5.91 Å². The van der Waals surface area contributed by atoms with Gasteiger partial charge in [0.1, 0.15) is 18.0 Å². The number of carbonyl (C=O) groups is 1. The van der Waals surface area contributed by atoms with E-state index in [1.807, 2.05) is 13.0 Å². The molecule has 0 N–H and O–H groups in total. The maximum Gasteiger partial charge on any atom is 0.573 e. The first-order valence-corrected chi connectivity index (χ1v) is 11.0. The zero-order chi connectivity index (χ0) is 25.4. The Labute approximate surface area is 204 Å². The molecule has 8 nitrogen and oxygen atoms in total. The number of hydrogen-bond acceptors (Lipinski definition) is 6. The molecule has 0 aliphatic heterocycles. The van der Waals surface area contributed by atoms with Crippen molar-refractivity contribution in [1.82, 2.24) is 14.8 Å². The number of benzene rings is 1. The fourth-order valence-electron chi connectivity index (χ4n) is 3.10. The van der Waals surface area contributed by atoms with Gasteiger partial charge in [0.25, 0.3) is 0 Å². The molecule has 0 radical (unpaired) electrons. The number of halogens is 4. The first kappa shape index (κ1) is 26.0. The second kappa shape index (κ2) is 11.7. The quantitative estimate of drug-likeness (QED) is 0.264. The molecule has 2 aromatic heterocycles. The predicted molar refractivity (Wildman–Crippen MR) is 125 cm³/mol. The highest BCUT2D eigenvalue weighted by atomic mass is 35.5. The Balaban J connectivity index is 1.52. The van der Waals surface area contributed by atoms with Gasteiger partial charge < -0.3 is 14.5 Å². The van der Waals surface area contributed by atoms with Gasteiger partial charge in [-0.3, -0.25) is 9.78 Å². The van der Waals surface area contributed by atoms with E-state index in [1.54, 1.807) is 41.2 Å². The summed E-state index contributed by atoms with van der Waals surface area (Å²) >= 11 is 6.29. The van der Waals surface area contributed by atoms with Crippen LogP contribution < -0.4 is 9.64 Å². The lowest BCUT2D eigenvalue weighted by molar-refractivity contribution is -0.274. The molecule has 0 spiro atoms. The van der Waals surface area contributed by atoms with Crippen molar-refractivity contribution in [3.8, 4) is 11.4 Å². The Morgan fingerprint density at radius 3 is 2.57 bits per heavy atom. The van der Waals surface area contributed by atoms with Gasteiger partial charge in [-0.25, -0.2) is 4.68 Å². The summed E-state index contributed by atoms with van der Waals surface area (Å²) in [5.74, 6) is -0.471. The summed E-state index contributed by atoms with van der Waals surface area (Å²) in [6.07, 6.45) is 0.738. The summed E-state index contributed by atoms with van der Waals surface area (Å²) in [5, 5.41) is 8.44. The maximum atomic E-state index is 12.8. The topological polar surface area (TPSA) is 81.8 Å². The van der Waals surface area contributed by atoms with Gasteiger partial charge in [0.15, 0.2) is 5.15 Å². The summed E-state index contributed by atoms with van der Waals surface area (Å²) in [6, 6.07) is 8.89. The number of rotatable bonds is 10. The van der Waals surface area contributed by atoms with Gasteiger partial charge in [-0.05, 0) is 50.1 Å². The molecular formula is C23H23ClF3N5O3. The average molecular weight is 510 g/mol. The van der Waals surface area contributed by atoms with E-state index in [1.165, 1.54) is 24.3 Å². The zero-order valence-corrected chi connectivity index (χ0v) is 19.8. The number of nitrogens with zero attached hydrogens (tertiary/aromatic N) is 5. The molecule has 1 aromatic carbocycles. The molecular weight excluding hydrogens is 487 g/mol. The van der Waals surface area contributed by atoms with Crippen molar-refractivity contribution in [1.29, 1.82) is 0 Å². The molecule has 0 bridgehead atoms. The Morgan fingerprint density at radius 1 is 1.20 bits per heavy atom. The average Bonchev–Trinajstić information content (AvgIpc) is 3.20. The van der Waals surface area contributed by atoms with E-state index in [9.17, 15) is 18.0 Å². The lowest BCUT2D eigenvalue weighted by Gasteiger charge is -2.19. The van der Waals surface area contributed by atoms with Crippen molar-refractivity contribution in [3.05, 3.63) is 65.7 Å². The smallest absolute Gasteiger partial charge is 0.406 e. The lowest BCUT2D eigenvalue weighted by Crippen LogP contribution is -2.30. The number of oxime groups is 1. The summed E-state index contributed by atoms with van der Waals surface area (Å²) in [5.41, 5.74) is 2.41. The molecule has 2 heterocycles. The van der Waals surface area contributed by atoms with E-state index in [4.69, 9.17) is 16.4 Å². The summed E-state index contributed by atoms with van der Waals surface area (Å²) in [4.78, 5) is 23.7. The molecule has 3 aromatic rings. The molecule has 0 aliphatic carbocycles. The molecule has 0 saturated heterocycles. The van der Waals surface area contributed by atoms with Gasteiger partial charge >= 0.3 is 6.36 Å². The van der Waals surface area contributed by atoms with E-state index in [0.29, 0.717) is 35.6 Å². The number of amides is 1. The number of anilines is 1. The van der Waals surface area contributed by atoms with Crippen LogP contribution in [0, 0.1) is 0 Å². The van der Waals surface area contributed by atoms with Crippen molar-refractivity contribution in [2.24, 2.45) is 5.16 Å². The van der Waals surface area contributed by atoms with E-state index >= 15 is 0 Å². The SMILES string of the molecule is CCN(C(=O)CCC(C)=NOCc1ccc(OC(F)(F)F)cc1)c1cn(-c2cccnc2)nc1Cl. The second-order valence-corrected chi connectivity index (χ2v) is 7.75. The number of carbonyl (C=O) groups excluding carboxylic acids is 1. The minimum absolute atomic E-state index is 0.0573. The molecule has 186 valence electrons. The third kappa shape index (κ3) is 7.71. The second-order valence-electron chi connectivity index (χ2n) is 7.39. The molecule has 35 heavy (non-hydrogen) atoms. The normalized spacial score (nSPS) is 11.9. The minimum Gasteiger partial charge on any atom is -0.406 e. The van der Waals surface area contributed by atoms with Crippen LogP contribution in [0.3, 0.4) is 0 Å². The third-order valence-electron chi connectivity index (χ3n) is 4.78. The minimum atomic E-state index is -4.74. The zero-order valence-electron chi connectivity index (χ0n) is 19.0. The highest BCUT2D eigenvalue weighted by Crippen LogP contribution is 2.27. The Hall–Kier alpha value is -3.60. The fraction of sp³-hybridized carbons (Fsp3) is 0.304.